The minimum absolute atomic E-state index is 0.148. The molecule has 0 unspecified atom stereocenters. The maximum atomic E-state index is 10.9. The third kappa shape index (κ3) is 4.49. The summed E-state index contributed by atoms with van der Waals surface area (Å²) in [7, 11) is 0. The molecule has 0 aliphatic heterocycles. The van der Waals surface area contributed by atoms with Crippen LogP contribution in [-0.4, -0.2) is 29.0 Å². The Morgan fingerprint density at radius 3 is 2.45 bits per heavy atom. The number of amides is 2. The Kier molecular flexibility index (Phi) is 5.35. The van der Waals surface area contributed by atoms with Crippen LogP contribution in [0, 0.1) is 20.2 Å². The lowest BCUT2D eigenvalue weighted by molar-refractivity contribution is -0.394. The highest BCUT2D eigenvalue weighted by atomic mass is 16.6. The molecule has 2 amide bonds. The van der Waals surface area contributed by atoms with Gasteiger partial charge in [-0.1, -0.05) is 0 Å². The summed E-state index contributed by atoms with van der Waals surface area (Å²) in [5, 5.41) is 26.6. The molecular formula is C10H13N5O5. The maximum Gasteiger partial charge on any atom is 0.312 e. The second-order valence-corrected chi connectivity index (χ2v) is 3.80. The molecule has 0 atom stereocenters. The smallest absolute Gasteiger partial charge is 0.312 e. The van der Waals surface area contributed by atoms with E-state index in [2.05, 4.69) is 10.6 Å². The van der Waals surface area contributed by atoms with Crippen LogP contribution in [0.5, 0.6) is 0 Å². The second kappa shape index (κ2) is 6.99. The van der Waals surface area contributed by atoms with E-state index in [1.54, 1.807) is 0 Å². The van der Waals surface area contributed by atoms with Crippen molar-refractivity contribution in [3.63, 3.8) is 0 Å². The fourth-order valence-electron chi connectivity index (χ4n) is 1.48. The predicted molar refractivity (Wildman–Crippen MR) is 69.0 cm³/mol. The Balaban J connectivity index is 2.67. The summed E-state index contributed by atoms with van der Waals surface area (Å²) in [4.78, 5) is 30.5. The number of carbonyl (C=O) groups is 1. The molecule has 0 saturated heterocycles. The lowest BCUT2D eigenvalue weighted by Crippen LogP contribution is -2.35. The fraction of sp³-hybridized carbons (Fsp3) is 0.300. The van der Waals surface area contributed by atoms with Gasteiger partial charge in [-0.15, -0.1) is 0 Å². The van der Waals surface area contributed by atoms with Crippen molar-refractivity contribution in [1.29, 1.82) is 0 Å². The number of nitro groups is 2. The molecule has 0 bridgehead atoms. The summed E-state index contributed by atoms with van der Waals surface area (Å²) >= 11 is 0. The van der Waals surface area contributed by atoms with Gasteiger partial charge in [-0.05, 0) is 6.07 Å². The van der Waals surface area contributed by atoms with Gasteiger partial charge in [0.25, 0.3) is 11.4 Å². The van der Waals surface area contributed by atoms with E-state index in [9.17, 15) is 25.0 Å². The molecule has 0 aliphatic carbocycles. The minimum Gasteiger partial charge on any atom is -0.352 e. The van der Waals surface area contributed by atoms with Crippen LogP contribution >= 0.6 is 0 Å². The number of hydrogen-bond donors (Lipinski definition) is 3. The van der Waals surface area contributed by atoms with Gasteiger partial charge in [0.15, 0.2) is 0 Å². The highest BCUT2D eigenvalue weighted by Gasteiger charge is 2.18. The Labute approximate surface area is 113 Å². The number of primary amides is 1. The largest absolute Gasteiger partial charge is 0.352 e. The Morgan fingerprint density at radius 2 is 1.90 bits per heavy atom. The molecule has 0 saturated carbocycles. The van der Waals surface area contributed by atoms with E-state index in [-0.39, 0.29) is 24.5 Å². The van der Waals surface area contributed by atoms with Crippen molar-refractivity contribution in [2.75, 3.05) is 13.1 Å². The summed E-state index contributed by atoms with van der Waals surface area (Å²) in [6.45, 7) is 0.780. The number of nitrogens with two attached hydrogens (primary N) is 1. The molecule has 1 rings (SSSR count). The van der Waals surface area contributed by atoms with Crippen molar-refractivity contribution in [2.45, 2.75) is 6.54 Å². The lowest BCUT2D eigenvalue weighted by atomic mass is 10.1. The first-order chi connectivity index (χ1) is 9.41. The van der Waals surface area contributed by atoms with Gasteiger partial charge in [-0.2, -0.15) is 0 Å². The molecule has 20 heavy (non-hydrogen) atoms. The van der Waals surface area contributed by atoms with Crippen molar-refractivity contribution in [3.05, 3.63) is 44.0 Å². The quantitative estimate of drug-likeness (QED) is 0.370. The number of nitro benzene ring substituents is 2. The molecule has 108 valence electrons. The first-order valence-electron chi connectivity index (χ1n) is 5.57. The van der Waals surface area contributed by atoms with Gasteiger partial charge in [-0.3, -0.25) is 20.2 Å². The number of benzene rings is 1. The minimum atomic E-state index is -0.693. The molecule has 0 heterocycles. The van der Waals surface area contributed by atoms with Crippen molar-refractivity contribution >= 4 is 17.4 Å². The SMILES string of the molecule is NC(=O)NCCNCc1ccc([N+](=O)[O-])cc1[N+](=O)[O-]. The van der Waals surface area contributed by atoms with Crippen LogP contribution in [0.3, 0.4) is 0 Å². The van der Waals surface area contributed by atoms with Crippen molar-refractivity contribution in [1.82, 2.24) is 10.6 Å². The third-order valence-electron chi connectivity index (χ3n) is 2.39. The van der Waals surface area contributed by atoms with Crippen LogP contribution in [0.1, 0.15) is 5.56 Å². The first kappa shape index (κ1) is 15.3. The predicted octanol–water partition coefficient (Wildman–Crippen LogP) is 0.261. The van der Waals surface area contributed by atoms with E-state index >= 15 is 0 Å². The first-order valence-corrected chi connectivity index (χ1v) is 5.57. The highest BCUT2D eigenvalue weighted by Crippen LogP contribution is 2.24. The molecule has 1 aromatic rings. The van der Waals surface area contributed by atoms with Crippen LogP contribution in [-0.2, 0) is 6.54 Å². The summed E-state index contributed by atoms with van der Waals surface area (Å²) in [5.41, 5.74) is 4.52. The summed E-state index contributed by atoms with van der Waals surface area (Å²) in [6, 6.07) is 2.78. The lowest BCUT2D eigenvalue weighted by Gasteiger charge is -2.06. The van der Waals surface area contributed by atoms with Gasteiger partial charge in [0.1, 0.15) is 0 Å². The van der Waals surface area contributed by atoms with Gasteiger partial charge < -0.3 is 16.4 Å². The molecule has 0 spiro atoms. The Bertz CT molecular complexity index is 533. The van der Waals surface area contributed by atoms with Crippen LogP contribution in [0.4, 0.5) is 16.2 Å². The van der Waals surface area contributed by atoms with Gasteiger partial charge in [0, 0.05) is 31.3 Å². The van der Waals surface area contributed by atoms with Crippen molar-refractivity contribution in [2.24, 2.45) is 5.73 Å². The van der Waals surface area contributed by atoms with E-state index in [0.717, 1.165) is 6.07 Å². The average molecular weight is 283 g/mol. The number of nitrogens with one attached hydrogen (secondary N) is 2. The van der Waals surface area contributed by atoms with Crippen molar-refractivity contribution < 1.29 is 14.6 Å². The molecule has 10 heteroatoms. The van der Waals surface area contributed by atoms with Crippen molar-refractivity contribution in [3.8, 4) is 0 Å². The van der Waals surface area contributed by atoms with Gasteiger partial charge in [-0.25, -0.2) is 4.79 Å². The van der Waals surface area contributed by atoms with E-state index < -0.39 is 15.9 Å². The van der Waals surface area contributed by atoms with E-state index in [0.29, 0.717) is 12.1 Å². The van der Waals surface area contributed by atoms with Crippen LogP contribution in [0.25, 0.3) is 0 Å². The molecule has 4 N–H and O–H groups in total. The summed E-state index contributed by atoms with van der Waals surface area (Å²) in [5.74, 6) is 0. The van der Waals surface area contributed by atoms with Crippen LogP contribution in [0.15, 0.2) is 18.2 Å². The van der Waals surface area contributed by atoms with Gasteiger partial charge >= 0.3 is 6.03 Å². The number of nitrogens with zero attached hydrogens (tertiary/aromatic N) is 2. The average Bonchev–Trinajstić information content (AvgIpc) is 2.37. The summed E-state index contributed by atoms with van der Waals surface area (Å²) in [6.07, 6.45) is 0. The number of hydrogen-bond acceptors (Lipinski definition) is 6. The monoisotopic (exact) mass is 283 g/mol. The molecule has 10 nitrogen and oxygen atoms in total. The number of non-ortho nitro benzene ring substituents is 1. The zero-order chi connectivity index (χ0) is 15.1. The van der Waals surface area contributed by atoms with E-state index in [4.69, 9.17) is 5.73 Å². The Hall–Kier alpha value is -2.75. The standard InChI is InChI=1S/C10H13N5O5/c11-10(16)13-4-3-12-6-7-1-2-8(14(17)18)5-9(7)15(19)20/h1-2,5,12H,3-4,6H2,(H3,11,13,16). The van der Waals surface area contributed by atoms with E-state index in [1.165, 1.54) is 12.1 Å². The molecule has 0 aliphatic rings. The second-order valence-electron chi connectivity index (χ2n) is 3.80. The molecule has 1 aromatic carbocycles. The topological polar surface area (TPSA) is 153 Å². The van der Waals surface area contributed by atoms with E-state index in [1.807, 2.05) is 0 Å². The summed E-state index contributed by atoms with van der Waals surface area (Å²) < 4.78 is 0. The van der Waals surface area contributed by atoms with Crippen LogP contribution < -0.4 is 16.4 Å². The maximum absolute atomic E-state index is 10.9. The zero-order valence-electron chi connectivity index (χ0n) is 10.4. The van der Waals surface area contributed by atoms with Gasteiger partial charge in [0.2, 0.25) is 0 Å². The highest BCUT2D eigenvalue weighted by molar-refractivity contribution is 5.71. The zero-order valence-corrected chi connectivity index (χ0v) is 10.4. The number of rotatable bonds is 7. The molecule has 0 aromatic heterocycles. The molecular weight excluding hydrogens is 270 g/mol. The van der Waals surface area contributed by atoms with Crippen LogP contribution in [0.2, 0.25) is 0 Å². The fourth-order valence-corrected chi connectivity index (χ4v) is 1.48. The number of urea groups is 1. The molecule has 0 radical (unpaired) electrons. The molecule has 0 fully saturated rings. The third-order valence-corrected chi connectivity index (χ3v) is 2.39. The van der Waals surface area contributed by atoms with Gasteiger partial charge in [0.05, 0.1) is 15.9 Å². The normalized spacial score (nSPS) is 10.0. The Morgan fingerprint density at radius 1 is 1.20 bits per heavy atom. The number of carbonyl (C=O) groups excluding carboxylic acids is 1.